The Morgan fingerprint density at radius 1 is 1.42 bits per heavy atom. The fourth-order valence-corrected chi connectivity index (χ4v) is 3.69. The molecule has 1 N–H and O–H groups in total. The number of nitrogens with one attached hydrogen (secondary N) is 1. The predicted molar refractivity (Wildman–Crippen MR) is 84.8 cm³/mol. The molecule has 1 unspecified atom stereocenters. The summed E-state index contributed by atoms with van der Waals surface area (Å²) in [5.41, 5.74) is 0. The molecule has 0 radical (unpaired) electrons. The van der Waals surface area contributed by atoms with Gasteiger partial charge in [0.15, 0.2) is 0 Å². The normalized spacial score (nSPS) is 12.7. The number of hydrogen-bond acceptors (Lipinski definition) is 3. The quantitative estimate of drug-likeness (QED) is 0.756. The molecule has 2 nitrogen and oxygen atoms in total. The standard InChI is InChI=1S/C15H20BrNOS/c1-2-8-17-12(5-6-13-4-3-9-18-13)11-15-14(16)7-10-19-15/h3-4,7,9-10,12,17H,2,5-6,8,11H2,1H3. The van der Waals surface area contributed by atoms with Crippen LogP contribution in [0, 0.1) is 0 Å². The monoisotopic (exact) mass is 341 g/mol. The van der Waals surface area contributed by atoms with Gasteiger partial charge in [0, 0.05) is 21.8 Å². The molecule has 19 heavy (non-hydrogen) atoms. The Hall–Kier alpha value is -0.580. The molecule has 0 spiro atoms. The third kappa shape index (κ3) is 4.79. The van der Waals surface area contributed by atoms with Crippen LogP contribution in [0.4, 0.5) is 0 Å². The van der Waals surface area contributed by atoms with E-state index < -0.39 is 0 Å². The molecule has 104 valence electrons. The Bertz CT molecular complexity index is 466. The predicted octanol–water partition coefficient (Wildman–Crippen LogP) is 4.65. The molecular weight excluding hydrogens is 322 g/mol. The summed E-state index contributed by atoms with van der Waals surface area (Å²) in [4.78, 5) is 1.42. The van der Waals surface area contributed by atoms with Crippen LogP contribution in [0.5, 0.6) is 0 Å². The van der Waals surface area contributed by atoms with Crippen molar-refractivity contribution in [3.8, 4) is 0 Å². The van der Waals surface area contributed by atoms with Crippen molar-refractivity contribution in [3.05, 3.63) is 45.0 Å². The van der Waals surface area contributed by atoms with Crippen LogP contribution in [-0.2, 0) is 12.8 Å². The summed E-state index contributed by atoms with van der Waals surface area (Å²) in [5, 5.41) is 5.78. The molecule has 2 rings (SSSR count). The molecule has 4 heteroatoms. The second-order valence-corrected chi connectivity index (χ2v) is 6.52. The van der Waals surface area contributed by atoms with E-state index in [2.05, 4.69) is 45.7 Å². The van der Waals surface area contributed by atoms with E-state index in [-0.39, 0.29) is 0 Å². The molecule has 0 aliphatic heterocycles. The first kappa shape index (κ1) is 14.8. The first-order chi connectivity index (χ1) is 9.29. The zero-order chi connectivity index (χ0) is 13.5. The highest BCUT2D eigenvalue weighted by Gasteiger charge is 2.12. The molecule has 0 saturated carbocycles. The number of halogens is 1. The van der Waals surface area contributed by atoms with Crippen LogP contribution >= 0.6 is 27.3 Å². The van der Waals surface area contributed by atoms with Gasteiger partial charge in [0.25, 0.3) is 0 Å². The van der Waals surface area contributed by atoms with Crippen molar-refractivity contribution in [2.24, 2.45) is 0 Å². The zero-order valence-electron chi connectivity index (χ0n) is 11.2. The summed E-state index contributed by atoms with van der Waals surface area (Å²) >= 11 is 5.44. The molecule has 0 aromatic carbocycles. The van der Waals surface area contributed by atoms with Crippen LogP contribution in [0.3, 0.4) is 0 Å². The van der Waals surface area contributed by atoms with E-state index in [9.17, 15) is 0 Å². The number of aryl methyl sites for hydroxylation is 1. The number of hydrogen-bond donors (Lipinski definition) is 1. The minimum absolute atomic E-state index is 0.514. The van der Waals surface area contributed by atoms with Crippen molar-refractivity contribution in [2.75, 3.05) is 6.54 Å². The Kier molecular flexibility index (Phi) is 6.14. The number of rotatable bonds is 8. The van der Waals surface area contributed by atoms with E-state index >= 15 is 0 Å². The largest absolute Gasteiger partial charge is 0.469 e. The maximum Gasteiger partial charge on any atom is 0.103 e. The second-order valence-electron chi connectivity index (χ2n) is 4.66. The highest BCUT2D eigenvalue weighted by molar-refractivity contribution is 9.10. The summed E-state index contributed by atoms with van der Waals surface area (Å²) in [5.74, 6) is 1.08. The van der Waals surface area contributed by atoms with Gasteiger partial charge in [0.1, 0.15) is 5.76 Å². The Labute approximate surface area is 127 Å². The number of thiophene rings is 1. The molecule has 0 amide bonds. The molecule has 2 aromatic rings. The van der Waals surface area contributed by atoms with E-state index in [1.165, 1.54) is 15.8 Å². The molecule has 2 aromatic heterocycles. The Morgan fingerprint density at radius 3 is 2.95 bits per heavy atom. The first-order valence-corrected chi connectivity index (χ1v) is 8.44. The van der Waals surface area contributed by atoms with Crippen LogP contribution in [0.2, 0.25) is 0 Å². The summed E-state index contributed by atoms with van der Waals surface area (Å²) in [6.07, 6.45) is 6.11. The lowest BCUT2D eigenvalue weighted by Gasteiger charge is -2.17. The zero-order valence-corrected chi connectivity index (χ0v) is 13.6. The fraction of sp³-hybridized carbons (Fsp3) is 0.467. The molecule has 0 aliphatic carbocycles. The summed E-state index contributed by atoms with van der Waals surface area (Å²) in [6.45, 7) is 3.28. The van der Waals surface area contributed by atoms with Gasteiger partial charge in [0.2, 0.25) is 0 Å². The smallest absolute Gasteiger partial charge is 0.103 e. The van der Waals surface area contributed by atoms with Gasteiger partial charge in [-0.1, -0.05) is 6.92 Å². The second kappa shape index (κ2) is 7.88. The summed E-state index contributed by atoms with van der Waals surface area (Å²) in [6, 6.07) is 6.65. The average Bonchev–Trinajstić information content (AvgIpc) is 3.05. The van der Waals surface area contributed by atoms with Gasteiger partial charge in [-0.3, -0.25) is 0 Å². The maximum atomic E-state index is 5.41. The third-order valence-corrected chi connectivity index (χ3v) is 5.07. The molecule has 0 saturated heterocycles. The van der Waals surface area contributed by atoms with Gasteiger partial charge in [0.05, 0.1) is 6.26 Å². The number of furan rings is 1. The maximum absolute atomic E-state index is 5.41. The fourth-order valence-electron chi connectivity index (χ4n) is 2.09. The van der Waals surface area contributed by atoms with Crippen molar-refractivity contribution in [1.29, 1.82) is 0 Å². The van der Waals surface area contributed by atoms with E-state index in [4.69, 9.17) is 4.42 Å². The molecule has 1 atom stereocenters. The van der Waals surface area contributed by atoms with Crippen molar-refractivity contribution in [1.82, 2.24) is 5.32 Å². The van der Waals surface area contributed by atoms with E-state index in [0.717, 1.165) is 31.6 Å². The summed E-state index contributed by atoms with van der Waals surface area (Å²) in [7, 11) is 0. The lowest BCUT2D eigenvalue weighted by molar-refractivity contribution is 0.442. The Morgan fingerprint density at radius 2 is 2.32 bits per heavy atom. The van der Waals surface area contributed by atoms with Gasteiger partial charge in [-0.15, -0.1) is 11.3 Å². The SMILES string of the molecule is CCCNC(CCc1ccco1)Cc1sccc1Br. The summed E-state index contributed by atoms with van der Waals surface area (Å²) < 4.78 is 6.65. The van der Waals surface area contributed by atoms with Crippen LogP contribution < -0.4 is 5.32 Å². The van der Waals surface area contributed by atoms with Crippen molar-refractivity contribution < 1.29 is 4.42 Å². The molecule has 0 bridgehead atoms. The van der Waals surface area contributed by atoms with Crippen molar-refractivity contribution in [3.63, 3.8) is 0 Å². The first-order valence-electron chi connectivity index (χ1n) is 6.77. The van der Waals surface area contributed by atoms with E-state index in [1.807, 2.05) is 17.4 Å². The van der Waals surface area contributed by atoms with Crippen LogP contribution in [-0.4, -0.2) is 12.6 Å². The third-order valence-electron chi connectivity index (χ3n) is 3.13. The lowest BCUT2D eigenvalue weighted by Crippen LogP contribution is -2.32. The van der Waals surface area contributed by atoms with Gasteiger partial charge in [-0.05, 0) is 65.3 Å². The minimum atomic E-state index is 0.514. The van der Waals surface area contributed by atoms with Gasteiger partial charge in [-0.25, -0.2) is 0 Å². The lowest BCUT2D eigenvalue weighted by atomic mass is 10.1. The highest BCUT2D eigenvalue weighted by atomic mass is 79.9. The minimum Gasteiger partial charge on any atom is -0.469 e. The topological polar surface area (TPSA) is 25.2 Å². The average molecular weight is 342 g/mol. The van der Waals surface area contributed by atoms with Crippen molar-refractivity contribution >= 4 is 27.3 Å². The van der Waals surface area contributed by atoms with E-state index in [0.29, 0.717) is 6.04 Å². The van der Waals surface area contributed by atoms with Crippen LogP contribution in [0.25, 0.3) is 0 Å². The van der Waals surface area contributed by atoms with Crippen molar-refractivity contribution in [2.45, 2.75) is 38.6 Å². The van der Waals surface area contributed by atoms with E-state index in [1.54, 1.807) is 6.26 Å². The van der Waals surface area contributed by atoms with Crippen LogP contribution in [0.1, 0.15) is 30.4 Å². The molecule has 2 heterocycles. The molecule has 0 fully saturated rings. The Balaban J connectivity index is 1.89. The van der Waals surface area contributed by atoms with Gasteiger partial charge >= 0.3 is 0 Å². The molecular formula is C15H20BrNOS. The highest BCUT2D eigenvalue weighted by Crippen LogP contribution is 2.25. The van der Waals surface area contributed by atoms with Crippen LogP contribution in [0.15, 0.2) is 38.7 Å². The van der Waals surface area contributed by atoms with Gasteiger partial charge in [-0.2, -0.15) is 0 Å². The van der Waals surface area contributed by atoms with Gasteiger partial charge < -0.3 is 9.73 Å². The molecule has 0 aliphatic rings.